The Morgan fingerprint density at radius 1 is 0.903 bits per heavy atom. The second-order valence-corrected chi connectivity index (χ2v) is 8.72. The lowest BCUT2D eigenvalue weighted by molar-refractivity contribution is 0.170. The molecular formula is C26H34N4O. The van der Waals surface area contributed by atoms with E-state index < -0.39 is 0 Å². The number of nitrogens with one attached hydrogen (secondary N) is 1. The average molecular weight is 419 g/mol. The summed E-state index contributed by atoms with van der Waals surface area (Å²) in [6.07, 6.45) is 5.75. The first-order valence-electron chi connectivity index (χ1n) is 11.6. The highest BCUT2D eigenvalue weighted by molar-refractivity contribution is 5.98. The molecule has 0 unspecified atom stereocenters. The molecule has 2 saturated heterocycles. The molecule has 0 spiro atoms. The summed E-state index contributed by atoms with van der Waals surface area (Å²) >= 11 is 0. The smallest absolute Gasteiger partial charge is 0.317 e. The Morgan fingerprint density at radius 3 is 2.23 bits per heavy atom. The van der Waals surface area contributed by atoms with E-state index in [0.717, 1.165) is 62.4 Å². The highest BCUT2D eigenvalue weighted by Crippen LogP contribution is 2.22. The molecule has 0 aromatic heterocycles. The Hall–Kier alpha value is -2.82. The molecule has 0 bridgehead atoms. The predicted octanol–water partition coefficient (Wildman–Crippen LogP) is 4.32. The van der Waals surface area contributed by atoms with Crippen LogP contribution in [-0.2, 0) is 13.0 Å². The molecule has 2 aromatic rings. The van der Waals surface area contributed by atoms with E-state index in [1.165, 1.54) is 18.4 Å². The zero-order chi connectivity index (χ0) is 21.5. The first-order valence-corrected chi connectivity index (χ1v) is 11.6. The number of likely N-dealkylation sites (tertiary alicyclic amines) is 2. The Morgan fingerprint density at radius 2 is 1.58 bits per heavy atom. The quantitative estimate of drug-likeness (QED) is 0.581. The summed E-state index contributed by atoms with van der Waals surface area (Å²) < 4.78 is 0. The van der Waals surface area contributed by atoms with Crippen LogP contribution in [0.3, 0.4) is 0 Å². The maximum Gasteiger partial charge on any atom is 0.317 e. The lowest BCUT2D eigenvalue weighted by atomic mass is 9.90. The van der Waals surface area contributed by atoms with Gasteiger partial charge in [0, 0.05) is 45.3 Å². The molecule has 0 saturated carbocycles. The van der Waals surface area contributed by atoms with E-state index in [1.807, 2.05) is 11.9 Å². The van der Waals surface area contributed by atoms with Gasteiger partial charge in [-0.3, -0.25) is 4.99 Å². The van der Waals surface area contributed by atoms with E-state index in [-0.39, 0.29) is 6.03 Å². The third-order valence-corrected chi connectivity index (χ3v) is 6.54. The van der Waals surface area contributed by atoms with E-state index in [2.05, 4.69) is 69.8 Å². The molecule has 0 atom stereocenters. The van der Waals surface area contributed by atoms with Crippen LogP contribution in [0.1, 0.15) is 42.4 Å². The minimum atomic E-state index is 0.0510. The molecule has 164 valence electrons. The Labute approximate surface area is 186 Å². The fourth-order valence-corrected chi connectivity index (χ4v) is 4.73. The van der Waals surface area contributed by atoms with Gasteiger partial charge in [0.2, 0.25) is 0 Å². The lowest BCUT2D eigenvalue weighted by Gasteiger charge is -2.32. The molecule has 5 heteroatoms. The second-order valence-electron chi connectivity index (χ2n) is 8.72. The van der Waals surface area contributed by atoms with E-state index in [9.17, 15) is 4.79 Å². The van der Waals surface area contributed by atoms with Crippen LogP contribution in [0.15, 0.2) is 59.6 Å². The SMILES string of the molecule is C/N=C(/c1ccc(CNC(=O)N2CCC(Cc3ccccc3)CC2)cc1)N1CCCC1. The Kier molecular flexibility index (Phi) is 7.23. The fourth-order valence-electron chi connectivity index (χ4n) is 4.73. The number of aliphatic imine (C=N–C) groups is 1. The van der Waals surface area contributed by atoms with Crippen molar-refractivity contribution in [2.75, 3.05) is 33.2 Å². The third-order valence-electron chi connectivity index (χ3n) is 6.54. The van der Waals surface area contributed by atoms with E-state index in [4.69, 9.17) is 0 Å². The van der Waals surface area contributed by atoms with Crippen molar-refractivity contribution in [2.24, 2.45) is 10.9 Å². The largest absolute Gasteiger partial charge is 0.356 e. The Balaban J connectivity index is 1.23. The number of amidine groups is 1. The van der Waals surface area contributed by atoms with Crippen molar-refractivity contribution in [2.45, 2.75) is 38.6 Å². The van der Waals surface area contributed by atoms with Crippen molar-refractivity contribution in [1.82, 2.24) is 15.1 Å². The van der Waals surface area contributed by atoms with Gasteiger partial charge in [-0.2, -0.15) is 0 Å². The van der Waals surface area contributed by atoms with Crippen LogP contribution in [0.5, 0.6) is 0 Å². The number of urea groups is 1. The van der Waals surface area contributed by atoms with Crippen molar-refractivity contribution in [3.8, 4) is 0 Å². The van der Waals surface area contributed by atoms with Gasteiger partial charge in [-0.05, 0) is 49.1 Å². The van der Waals surface area contributed by atoms with Gasteiger partial charge in [0.1, 0.15) is 5.84 Å². The molecule has 1 N–H and O–H groups in total. The Bertz CT molecular complexity index is 864. The number of piperidine rings is 1. The van der Waals surface area contributed by atoms with Crippen LogP contribution in [0.4, 0.5) is 4.79 Å². The van der Waals surface area contributed by atoms with Crippen molar-refractivity contribution in [3.63, 3.8) is 0 Å². The first-order chi connectivity index (χ1) is 15.2. The summed E-state index contributed by atoms with van der Waals surface area (Å²) in [7, 11) is 1.87. The van der Waals surface area contributed by atoms with Gasteiger partial charge >= 0.3 is 6.03 Å². The van der Waals surface area contributed by atoms with Gasteiger partial charge < -0.3 is 15.1 Å². The van der Waals surface area contributed by atoms with Crippen LogP contribution >= 0.6 is 0 Å². The average Bonchev–Trinajstić information content (AvgIpc) is 3.34. The standard InChI is InChI=1S/C26H34N4O/c1-27-25(29-15-5-6-16-29)24-11-9-23(10-12-24)20-28-26(31)30-17-13-22(14-18-30)19-21-7-3-2-4-8-21/h2-4,7-12,22H,5-6,13-20H2,1H3,(H,28,31)/b27-25-. The summed E-state index contributed by atoms with van der Waals surface area (Å²) in [4.78, 5) is 21.4. The molecular weight excluding hydrogens is 384 g/mol. The molecule has 2 aliphatic rings. The van der Waals surface area contributed by atoms with E-state index >= 15 is 0 Å². The predicted molar refractivity (Wildman–Crippen MR) is 126 cm³/mol. The van der Waals surface area contributed by atoms with Gasteiger partial charge in [0.05, 0.1) is 0 Å². The molecule has 31 heavy (non-hydrogen) atoms. The van der Waals surface area contributed by atoms with E-state index in [1.54, 1.807) is 0 Å². The highest BCUT2D eigenvalue weighted by Gasteiger charge is 2.23. The monoisotopic (exact) mass is 418 g/mol. The number of nitrogens with zero attached hydrogens (tertiary/aromatic N) is 3. The van der Waals surface area contributed by atoms with Crippen molar-refractivity contribution < 1.29 is 4.79 Å². The summed E-state index contributed by atoms with van der Waals surface area (Å²) in [5, 5.41) is 3.10. The van der Waals surface area contributed by atoms with Gasteiger partial charge in [-0.1, -0.05) is 54.6 Å². The summed E-state index contributed by atoms with van der Waals surface area (Å²) in [5.41, 5.74) is 3.67. The minimum Gasteiger partial charge on any atom is -0.356 e. The van der Waals surface area contributed by atoms with Gasteiger partial charge in [0.25, 0.3) is 0 Å². The van der Waals surface area contributed by atoms with Gasteiger partial charge in [-0.25, -0.2) is 4.79 Å². The maximum atomic E-state index is 12.6. The summed E-state index contributed by atoms with van der Waals surface area (Å²) in [5.74, 6) is 1.75. The van der Waals surface area contributed by atoms with E-state index in [0.29, 0.717) is 12.5 Å². The molecule has 2 fully saturated rings. The summed E-state index contributed by atoms with van der Waals surface area (Å²) in [6, 6.07) is 19.2. The normalized spacial score (nSPS) is 17.8. The topological polar surface area (TPSA) is 47.9 Å². The fraction of sp³-hybridized carbons (Fsp3) is 0.462. The maximum absolute atomic E-state index is 12.6. The highest BCUT2D eigenvalue weighted by atomic mass is 16.2. The van der Waals surface area contributed by atoms with Crippen LogP contribution in [0.25, 0.3) is 0 Å². The van der Waals surface area contributed by atoms with Crippen LogP contribution < -0.4 is 5.32 Å². The zero-order valence-corrected chi connectivity index (χ0v) is 18.6. The number of hydrogen-bond donors (Lipinski definition) is 1. The molecule has 2 heterocycles. The lowest BCUT2D eigenvalue weighted by Crippen LogP contribution is -2.44. The van der Waals surface area contributed by atoms with Crippen LogP contribution in [0.2, 0.25) is 0 Å². The zero-order valence-electron chi connectivity index (χ0n) is 18.6. The van der Waals surface area contributed by atoms with Crippen LogP contribution in [0, 0.1) is 5.92 Å². The molecule has 2 aliphatic heterocycles. The third kappa shape index (κ3) is 5.66. The summed E-state index contributed by atoms with van der Waals surface area (Å²) in [6.45, 7) is 4.42. The number of carbonyl (C=O) groups excluding carboxylic acids is 1. The molecule has 4 rings (SSSR count). The van der Waals surface area contributed by atoms with Gasteiger partial charge in [-0.15, -0.1) is 0 Å². The molecule has 5 nitrogen and oxygen atoms in total. The molecule has 0 radical (unpaired) electrons. The number of hydrogen-bond acceptors (Lipinski definition) is 2. The van der Waals surface area contributed by atoms with Crippen molar-refractivity contribution in [3.05, 3.63) is 71.3 Å². The van der Waals surface area contributed by atoms with Crippen molar-refractivity contribution in [1.29, 1.82) is 0 Å². The number of carbonyl (C=O) groups is 1. The number of benzene rings is 2. The first kappa shape index (κ1) is 21.4. The number of rotatable bonds is 5. The minimum absolute atomic E-state index is 0.0510. The number of amides is 2. The molecule has 2 aromatic carbocycles. The second kappa shape index (κ2) is 10.5. The van der Waals surface area contributed by atoms with Crippen LogP contribution in [-0.4, -0.2) is 54.9 Å². The van der Waals surface area contributed by atoms with Gasteiger partial charge in [0.15, 0.2) is 0 Å². The van der Waals surface area contributed by atoms with Crippen molar-refractivity contribution >= 4 is 11.9 Å². The molecule has 0 aliphatic carbocycles. The molecule has 2 amide bonds.